The number of hydrogen-bond donors (Lipinski definition) is 0. The zero-order valence-electron chi connectivity index (χ0n) is 13.6. The number of amides is 1. The number of sulfone groups is 1. The van der Waals surface area contributed by atoms with Crippen LogP contribution >= 0.6 is 35.0 Å². The molecule has 0 bridgehead atoms. The van der Waals surface area contributed by atoms with Gasteiger partial charge in [-0.25, -0.2) is 8.42 Å². The predicted octanol–water partition coefficient (Wildman–Crippen LogP) is 2.77. The van der Waals surface area contributed by atoms with E-state index in [0.717, 1.165) is 6.42 Å². The number of ether oxygens (including phenoxy) is 1. The summed E-state index contributed by atoms with van der Waals surface area (Å²) in [5, 5.41) is 1.18. The maximum absolute atomic E-state index is 12.4. The van der Waals surface area contributed by atoms with E-state index in [4.69, 9.17) is 27.9 Å². The van der Waals surface area contributed by atoms with Crippen molar-refractivity contribution in [2.24, 2.45) is 4.99 Å². The van der Waals surface area contributed by atoms with E-state index in [1.165, 1.54) is 11.8 Å². The molecule has 1 amide bonds. The summed E-state index contributed by atoms with van der Waals surface area (Å²) in [6, 6.07) is 4.71. The highest BCUT2D eigenvalue weighted by Crippen LogP contribution is 2.42. The van der Waals surface area contributed by atoms with E-state index in [2.05, 4.69) is 4.99 Å². The Balaban J connectivity index is 1.72. The van der Waals surface area contributed by atoms with E-state index in [1.807, 2.05) is 0 Å². The molecule has 3 aliphatic rings. The summed E-state index contributed by atoms with van der Waals surface area (Å²) in [7, 11) is -3.13. The number of nitrogens with zero attached hydrogens (tertiary/aromatic N) is 2. The Morgan fingerprint density at radius 3 is 2.62 bits per heavy atom. The van der Waals surface area contributed by atoms with Crippen molar-refractivity contribution in [3.8, 4) is 0 Å². The predicted molar refractivity (Wildman–Crippen MR) is 104 cm³/mol. The number of amidine groups is 1. The first kappa shape index (κ1) is 18.6. The lowest BCUT2D eigenvalue weighted by Gasteiger charge is -2.25. The average molecular weight is 435 g/mol. The molecule has 1 aromatic rings. The number of thioether (sulfide) groups is 1. The van der Waals surface area contributed by atoms with Crippen LogP contribution in [-0.2, 0) is 19.4 Å². The topological polar surface area (TPSA) is 76.0 Å². The van der Waals surface area contributed by atoms with Crippen LogP contribution in [0.4, 0.5) is 5.69 Å². The molecule has 0 saturated carbocycles. The highest BCUT2D eigenvalue weighted by Gasteiger charge is 2.49. The zero-order valence-corrected chi connectivity index (χ0v) is 16.7. The van der Waals surface area contributed by atoms with Gasteiger partial charge in [-0.3, -0.25) is 4.79 Å². The Bertz CT molecular complexity index is 864. The molecule has 4 rings (SSSR count). The second-order valence-corrected chi connectivity index (χ2v) is 10.8. The average Bonchev–Trinajstić information content (AvgIpc) is 3.20. The van der Waals surface area contributed by atoms with Gasteiger partial charge in [-0.1, -0.05) is 35.0 Å². The minimum Gasteiger partial charge on any atom is -0.368 e. The standard InChI is InChI=1S/C16H16Cl2N2O4S2/c17-9-4-10(18)6-11(5-9)20-12-7-26(22,23)8-14(12)25-16(20)19-15(21)13-2-1-3-24-13/h4-6,12-14H,1-3,7-8H2. The van der Waals surface area contributed by atoms with Gasteiger partial charge in [-0.05, 0) is 31.0 Å². The summed E-state index contributed by atoms with van der Waals surface area (Å²) < 4.78 is 29.6. The van der Waals surface area contributed by atoms with Crippen LogP contribution < -0.4 is 4.90 Å². The summed E-state index contributed by atoms with van der Waals surface area (Å²) in [4.78, 5) is 18.5. The van der Waals surface area contributed by atoms with Crippen molar-refractivity contribution >= 4 is 61.6 Å². The van der Waals surface area contributed by atoms with E-state index >= 15 is 0 Å². The number of aliphatic imine (C=N–C) groups is 1. The number of anilines is 1. The third-order valence-corrected chi connectivity index (χ3v) is 8.25. The van der Waals surface area contributed by atoms with E-state index in [-0.39, 0.29) is 28.7 Å². The number of carbonyl (C=O) groups excluding carboxylic acids is 1. The molecule has 1 aromatic carbocycles. The normalized spacial score (nSPS) is 31.5. The van der Waals surface area contributed by atoms with Crippen molar-refractivity contribution < 1.29 is 17.9 Å². The highest BCUT2D eigenvalue weighted by molar-refractivity contribution is 8.16. The smallest absolute Gasteiger partial charge is 0.277 e. The first-order valence-electron chi connectivity index (χ1n) is 8.19. The summed E-state index contributed by atoms with van der Waals surface area (Å²) >= 11 is 13.6. The molecular formula is C16H16Cl2N2O4S2. The Morgan fingerprint density at radius 1 is 1.23 bits per heavy atom. The molecule has 3 unspecified atom stereocenters. The van der Waals surface area contributed by atoms with Crippen LogP contribution in [0.15, 0.2) is 23.2 Å². The minimum atomic E-state index is -3.13. The van der Waals surface area contributed by atoms with Gasteiger partial charge >= 0.3 is 0 Å². The highest BCUT2D eigenvalue weighted by atomic mass is 35.5. The maximum atomic E-state index is 12.4. The largest absolute Gasteiger partial charge is 0.368 e. The molecule has 0 aromatic heterocycles. The molecule has 0 aliphatic carbocycles. The molecule has 3 fully saturated rings. The van der Waals surface area contributed by atoms with Crippen LogP contribution in [0.25, 0.3) is 0 Å². The molecule has 3 aliphatic heterocycles. The second kappa shape index (κ2) is 6.98. The molecule has 0 spiro atoms. The van der Waals surface area contributed by atoms with Gasteiger partial charge in [-0.15, -0.1) is 0 Å². The maximum Gasteiger partial charge on any atom is 0.277 e. The van der Waals surface area contributed by atoms with E-state index in [9.17, 15) is 13.2 Å². The lowest BCUT2D eigenvalue weighted by Crippen LogP contribution is -2.38. The Kier molecular flexibility index (Phi) is 4.98. The van der Waals surface area contributed by atoms with Crippen molar-refractivity contribution in [1.29, 1.82) is 0 Å². The molecule has 26 heavy (non-hydrogen) atoms. The lowest BCUT2D eigenvalue weighted by atomic mass is 10.2. The number of hydrogen-bond acceptors (Lipinski definition) is 5. The second-order valence-electron chi connectivity index (χ2n) is 6.53. The summed E-state index contributed by atoms with van der Waals surface area (Å²) in [6.45, 7) is 0.561. The fourth-order valence-electron chi connectivity index (χ4n) is 3.48. The van der Waals surface area contributed by atoms with Gasteiger partial charge in [0.05, 0.1) is 17.5 Å². The van der Waals surface area contributed by atoms with Crippen LogP contribution in [0.3, 0.4) is 0 Å². The molecular weight excluding hydrogens is 419 g/mol. The van der Waals surface area contributed by atoms with Crippen LogP contribution in [0.5, 0.6) is 0 Å². The molecule has 140 valence electrons. The van der Waals surface area contributed by atoms with Crippen molar-refractivity contribution in [2.75, 3.05) is 23.0 Å². The van der Waals surface area contributed by atoms with Crippen molar-refractivity contribution in [3.63, 3.8) is 0 Å². The van der Waals surface area contributed by atoms with Crippen LogP contribution in [0.1, 0.15) is 12.8 Å². The Labute approximate surface area is 165 Å². The molecule has 10 heteroatoms. The monoisotopic (exact) mass is 434 g/mol. The SMILES string of the molecule is O=C(N=C1SC2CS(=O)(=O)CC2N1c1cc(Cl)cc(Cl)c1)C1CCCO1. The van der Waals surface area contributed by atoms with Gasteiger partial charge in [0.15, 0.2) is 15.0 Å². The van der Waals surface area contributed by atoms with Gasteiger partial charge in [0, 0.05) is 27.6 Å². The third-order valence-electron chi connectivity index (χ3n) is 4.60. The molecule has 6 nitrogen and oxygen atoms in total. The lowest BCUT2D eigenvalue weighted by molar-refractivity contribution is -0.126. The summed E-state index contributed by atoms with van der Waals surface area (Å²) in [5.74, 6) is -0.242. The number of fused-ring (bicyclic) bond motifs is 1. The van der Waals surface area contributed by atoms with Gasteiger partial charge in [0.1, 0.15) is 6.10 Å². The van der Waals surface area contributed by atoms with Crippen molar-refractivity contribution in [1.82, 2.24) is 0 Å². The minimum absolute atomic E-state index is 0.0158. The van der Waals surface area contributed by atoms with E-state index in [1.54, 1.807) is 23.1 Å². The van der Waals surface area contributed by atoms with Gasteiger partial charge in [-0.2, -0.15) is 4.99 Å². The Morgan fingerprint density at radius 2 is 1.96 bits per heavy atom. The number of carbonyl (C=O) groups is 1. The van der Waals surface area contributed by atoms with Gasteiger partial charge in [0.25, 0.3) is 5.91 Å². The molecule has 0 radical (unpaired) electrons. The van der Waals surface area contributed by atoms with Crippen molar-refractivity contribution in [3.05, 3.63) is 28.2 Å². The van der Waals surface area contributed by atoms with Gasteiger partial charge in [0.2, 0.25) is 0 Å². The van der Waals surface area contributed by atoms with Crippen LogP contribution in [0.2, 0.25) is 10.0 Å². The summed E-state index contributed by atoms with van der Waals surface area (Å²) in [6.07, 6.45) is 0.979. The van der Waals surface area contributed by atoms with Crippen LogP contribution in [0, 0.1) is 0 Å². The van der Waals surface area contributed by atoms with E-state index < -0.39 is 15.9 Å². The zero-order chi connectivity index (χ0) is 18.5. The number of halogens is 2. The number of benzene rings is 1. The Hall–Kier alpha value is -0.800. The van der Waals surface area contributed by atoms with Gasteiger partial charge < -0.3 is 9.64 Å². The molecule has 0 N–H and O–H groups in total. The van der Waals surface area contributed by atoms with E-state index in [0.29, 0.717) is 33.9 Å². The molecule has 3 heterocycles. The first-order valence-corrected chi connectivity index (χ1v) is 11.6. The van der Waals surface area contributed by atoms with Crippen LogP contribution in [-0.4, -0.2) is 55.0 Å². The van der Waals surface area contributed by atoms with Crippen molar-refractivity contribution in [2.45, 2.75) is 30.2 Å². The first-order chi connectivity index (χ1) is 12.3. The molecule has 3 atom stereocenters. The quantitative estimate of drug-likeness (QED) is 0.711. The fourth-order valence-corrected chi connectivity index (χ4v) is 7.92. The number of rotatable bonds is 2. The fraction of sp³-hybridized carbons (Fsp3) is 0.500. The summed E-state index contributed by atoms with van der Waals surface area (Å²) in [5.41, 5.74) is 0.637. The molecule has 3 saturated heterocycles. The third kappa shape index (κ3) is 3.62.